The fourth-order valence-corrected chi connectivity index (χ4v) is 3.83. The van der Waals surface area contributed by atoms with E-state index in [4.69, 9.17) is 11.6 Å². The Bertz CT molecular complexity index is 1060. The maximum Gasteiger partial charge on any atom is 0.239 e. The molecule has 0 atom stereocenters. The molecular weight excluding hydrogens is 358 g/mol. The van der Waals surface area contributed by atoms with E-state index in [-0.39, 0.29) is 4.90 Å². The third-order valence-electron chi connectivity index (χ3n) is 3.86. The summed E-state index contributed by atoms with van der Waals surface area (Å²) in [6.07, 6.45) is 0. The topological polar surface area (TPSA) is 63.2 Å². The number of aryl methyl sites for hydroxylation is 1. The highest BCUT2D eigenvalue weighted by Gasteiger charge is 2.20. The Morgan fingerprint density at radius 1 is 1.00 bits per heavy atom. The van der Waals surface area contributed by atoms with Crippen molar-refractivity contribution in [2.45, 2.75) is 11.8 Å². The van der Waals surface area contributed by atoms with Crippen molar-refractivity contribution in [1.82, 2.24) is 0 Å². The van der Waals surface area contributed by atoms with Crippen molar-refractivity contribution in [3.8, 4) is 0 Å². The van der Waals surface area contributed by atoms with Gasteiger partial charge in [0.05, 0.1) is 4.90 Å². The van der Waals surface area contributed by atoms with Gasteiger partial charge in [0.1, 0.15) is 5.75 Å². The lowest BCUT2D eigenvalue weighted by atomic mass is 10.1. The van der Waals surface area contributed by atoms with Crippen molar-refractivity contribution in [3.05, 3.63) is 71.2 Å². The SMILES string of the molecule is Cc1ccc(NC(=O)CS(=O)(=O)c2ccc3ccccc3c2)cc1Cl. The zero-order chi connectivity index (χ0) is 18.0. The third-order valence-corrected chi connectivity index (χ3v) is 5.88. The lowest BCUT2D eigenvalue weighted by Crippen LogP contribution is -2.23. The first-order chi connectivity index (χ1) is 11.8. The summed E-state index contributed by atoms with van der Waals surface area (Å²) < 4.78 is 25.0. The van der Waals surface area contributed by atoms with Crippen LogP contribution in [0.1, 0.15) is 5.56 Å². The summed E-state index contributed by atoms with van der Waals surface area (Å²) >= 11 is 6.01. The van der Waals surface area contributed by atoms with E-state index in [2.05, 4.69) is 5.32 Å². The molecule has 0 aliphatic heterocycles. The Hall–Kier alpha value is -2.37. The van der Waals surface area contributed by atoms with Crippen LogP contribution >= 0.6 is 11.6 Å². The van der Waals surface area contributed by atoms with Gasteiger partial charge in [-0.1, -0.05) is 48.0 Å². The molecule has 3 aromatic carbocycles. The molecule has 3 rings (SSSR count). The predicted octanol–water partition coefficient (Wildman–Crippen LogP) is 4.21. The van der Waals surface area contributed by atoms with Gasteiger partial charge in [-0.25, -0.2) is 8.42 Å². The van der Waals surface area contributed by atoms with Crippen LogP contribution in [0, 0.1) is 6.92 Å². The normalized spacial score (nSPS) is 11.4. The summed E-state index contributed by atoms with van der Waals surface area (Å²) in [7, 11) is -3.73. The number of sulfone groups is 1. The lowest BCUT2D eigenvalue weighted by molar-refractivity contribution is -0.113. The first kappa shape index (κ1) is 17.5. The van der Waals surface area contributed by atoms with Crippen LogP contribution in [0.5, 0.6) is 0 Å². The number of hydrogen-bond acceptors (Lipinski definition) is 3. The minimum atomic E-state index is -3.73. The highest BCUT2D eigenvalue weighted by Crippen LogP contribution is 2.22. The summed E-state index contributed by atoms with van der Waals surface area (Å²) in [6.45, 7) is 1.85. The molecule has 0 spiro atoms. The van der Waals surface area contributed by atoms with E-state index < -0.39 is 21.5 Å². The molecule has 0 fully saturated rings. The maximum absolute atomic E-state index is 12.5. The molecular formula is C19H16ClNO3S. The highest BCUT2D eigenvalue weighted by molar-refractivity contribution is 7.92. The number of rotatable bonds is 4. The van der Waals surface area contributed by atoms with Crippen LogP contribution in [-0.2, 0) is 14.6 Å². The number of benzene rings is 3. The zero-order valence-corrected chi connectivity index (χ0v) is 15.1. The maximum atomic E-state index is 12.5. The van der Waals surface area contributed by atoms with Crippen molar-refractivity contribution < 1.29 is 13.2 Å². The van der Waals surface area contributed by atoms with Crippen molar-refractivity contribution in [1.29, 1.82) is 0 Å². The molecule has 128 valence electrons. The van der Waals surface area contributed by atoms with Gasteiger partial charge in [-0.15, -0.1) is 0 Å². The van der Waals surface area contributed by atoms with Gasteiger partial charge in [-0.3, -0.25) is 4.79 Å². The van der Waals surface area contributed by atoms with Crippen molar-refractivity contribution in [2.24, 2.45) is 0 Å². The van der Waals surface area contributed by atoms with Crippen LogP contribution in [0.2, 0.25) is 5.02 Å². The fourth-order valence-electron chi connectivity index (χ4n) is 2.48. The molecule has 0 aliphatic rings. The number of halogens is 1. The van der Waals surface area contributed by atoms with Crippen LogP contribution in [0.4, 0.5) is 5.69 Å². The van der Waals surface area contributed by atoms with Crippen molar-refractivity contribution >= 4 is 43.8 Å². The number of carbonyl (C=O) groups excluding carboxylic acids is 1. The number of amides is 1. The van der Waals surface area contributed by atoms with Gasteiger partial charge in [0.2, 0.25) is 5.91 Å². The molecule has 0 bridgehead atoms. The Kier molecular flexibility index (Phi) is 4.79. The Labute approximate surface area is 151 Å². The van der Waals surface area contributed by atoms with Gasteiger partial charge in [-0.2, -0.15) is 0 Å². The molecule has 0 heterocycles. The summed E-state index contributed by atoms with van der Waals surface area (Å²) in [6, 6.07) is 17.3. The summed E-state index contributed by atoms with van der Waals surface area (Å²) in [5.74, 6) is -1.23. The number of anilines is 1. The quantitative estimate of drug-likeness (QED) is 0.744. The van der Waals surface area contributed by atoms with E-state index in [0.29, 0.717) is 10.7 Å². The van der Waals surface area contributed by atoms with E-state index >= 15 is 0 Å². The standard InChI is InChI=1S/C19H16ClNO3S/c1-13-6-8-16(11-18(13)20)21-19(22)12-25(23,24)17-9-7-14-4-2-3-5-15(14)10-17/h2-11H,12H2,1H3,(H,21,22). The van der Waals surface area contributed by atoms with Crippen LogP contribution in [0.15, 0.2) is 65.6 Å². The van der Waals surface area contributed by atoms with Crippen molar-refractivity contribution in [2.75, 3.05) is 11.1 Å². The van der Waals surface area contributed by atoms with Gasteiger partial charge < -0.3 is 5.32 Å². The molecule has 0 aliphatic carbocycles. The van der Waals surface area contributed by atoms with Gasteiger partial charge in [-0.05, 0) is 47.5 Å². The van der Waals surface area contributed by atoms with E-state index in [1.54, 1.807) is 30.3 Å². The van der Waals surface area contributed by atoms with E-state index in [1.807, 2.05) is 31.2 Å². The molecule has 0 radical (unpaired) electrons. The molecule has 1 amide bonds. The second-order valence-corrected chi connectivity index (χ2v) is 8.18. The number of fused-ring (bicyclic) bond motifs is 1. The van der Waals surface area contributed by atoms with E-state index in [0.717, 1.165) is 16.3 Å². The Morgan fingerprint density at radius 2 is 1.72 bits per heavy atom. The smallest absolute Gasteiger partial charge is 0.239 e. The number of hydrogen-bond donors (Lipinski definition) is 1. The van der Waals surface area contributed by atoms with E-state index in [1.165, 1.54) is 6.07 Å². The summed E-state index contributed by atoms with van der Waals surface area (Å²) in [5, 5.41) is 4.84. The van der Waals surface area contributed by atoms with Crippen molar-refractivity contribution in [3.63, 3.8) is 0 Å². The monoisotopic (exact) mass is 373 g/mol. The van der Waals surface area contributed by atoms with Crippen LogP contribution < -0.4 is 5.32 Å². The van der Waals surface area contributed by atoms with Crippen LogP contribution in [0.25, 0.3) is 10.8 Å². The highest BCUT2D eigenvalue weighted by atomic mass is 35.5. The predicted molar refractivity (Wildman–Crippen MR) is 101 cm³/mol. The molecule has 1 N–H and O–H groups in total. The van der Waals surface area contributed by atoms with Crippen LogP contribution in [-0.4, -0.2) is 20.1 Å². The summed E-state index contributed by atoms with van der Waals surface area (Å²) in [5.41, 5.74) is 1.35. The first-order valence-corrected chi connectivity index (χ1v) is 9.66. The average molecular weight is 374 g/mol. The fraction of sp³-hybridized carbons (Fsp3) is 0.105. The second kappa shape index (κ2) is 6.86. The molecule has 6 heteroatoms. The zero-order valence-electron chi connectivity index (χ0n) is 13.5. The molecule has 3 aromatic rings. The van der Waals surface area contributed by atoms with Gasteiger partial charge >= 0.3 is 0 Å². The first-order valence-electron chi connectivity index (χ1n) is 7.63. The second-order valence-electron chi connectivity index (χ2n) is 5.78. The molecule has 0 saturated carbocycles. The molecule has 0 unspecified atom stereocenters. The van der Waals surface area contributed by atoms with Crippen LogP contribution in [0.3, 0.4) is 0 Å². The molecule has 25 heavy (non-hydrogen) atoms. The minimum absolute atomic E-state index is 0.128. The lowest BCUT2D eigenvalue weighted by Gasteiger charge is -2.08. The number of nitrogens with one attached hydrogen (secondary N) is 1. The molecule has 0 saturated heterocycles. The van der Waals surface area contributed by atoms with Gasteiger partial charge in [0, 0.05) is 10.7 Å². The Morgan fingerprint density at radius 3 is 2.44 bits per heavy atom. The summed E-state index contributed by atoms with van der Waals surface area (Å²) in [4.78, 5) is 12.3. The van der Waals surface area contributed by atoms with E-state index in [9.17, 15) is 13.2 Å². The largest absolute Gasteiger partial charge is 0.325 e. The van der Waals surface area contributed by atoms with Gasteiger partial charge in [0.25, 0.3) is 0 Å². The third kappa shape index (κ3) is 4.00. The minimum Gasteiger partial charge on any atom is -0.325 e. The Balaban J connectivity index is 1.79. The van der Waals surface area contributed by atoms with Gasteiger partial charge in [0.15, 0.2) is 9.84 Å². The number of carbonyl (C=O) groups is 1. The molecule has 4 nitrogen and oxygen atoms in total. The average Bonchev–Trinajstić information content (AvgIpc) is 2.57. The molecule has 0 aromatic heterocycles.